The van der Waals surface area contributed by atoms with Gasteiger partial charge in [0.25, 0.3) is 11.8 Å². The molecule has 10 nitrogen and oxygen atoms in total. The van der Waals surface area contributed by atoms with E-state index in [0.29, 0.717) is 5.56 Å². The number of likely N-dealkylation sites (N-methyl/N-ethyl adjacent to an activating group) is 1. The number of hydrogen-bond acceptors (Lipinski definition) is 6. The number of hydrogen-bond donors (Lipinski definition) is 3. The second-order valence-corrected chi connectivity index (χ2v) is 10.9. The van der Waals surface area contributed by atoms with Crippen molar-refractivity contribution in [2.45, 2.75) is 24.8 Å². The number of amides is 2. The molecule has 0 saturated heterocycles. The largest absolute Gasteiger partial charge is 0.272 e. The normalized spacial score (nSPS) is 13.1. The van der Waals surface area contributed by atoms with E-state index in [1.807, 2.05) is 6.92 Å². The van der Waals surface area contributed by atoms with Gasteiger partial charge in [-0.3, -0.25) is 20.4 Å². The van der Waals surface area contributed by atoms with Crippen molar-refractivity contribution in [1.29, 1.82) is 0 Å². The van der Waals surface area contributed by atoms with Crippen molar-refractivity contribution in [3.8, 4) is 0 Å². The van der Waals surface area contributed by atoms with Gasteiger partial charge in [0.2, 0.25) is 20.0 Å². The summed E-state index contributed by atoms with van der Waals surface area (Å²) in [6, 6.07) is 13.7. The Labute approximate surface area is 193 Å². The van der Waals surface area contributed by atoms with E-state index >= 15 is 0 Å². The molecule has 0 aliphatic carbocycles. The van der Waals surface area contributed by atoms with Crippen molar-refractivity contribution in [3.05, 3.63) is 71.1 Å². The van der Waals surface area contributed by atoms with Crippen LogP contribution in [0.2, 0.25) is 0 Å². The molecule has 0 heterocycles. The third-order valence-electron chi connectivity index (χ3n) is 4.39. The van der Waals surface area contributed by atoms with Crippen LogP contribution in [0.25, 0.3) is 6.08 Å². The summed E-state index contributed by atoms with van der Waals surface area (Å²) in [7, 11) is -6.60. The maximum absolute atomic E-state index is 12.5. The molecule has 2 aromatic carbocycles. The lowest BCUT2D eigenvalue weighted by atomic mass is 10.2. The maximum Gasteiger partial charge on any atom is 0.256 e. The Bertz CT molecular complexity index is 1210. The van der Waals surface area contributed by atoms with Crippen LogP contribution in [0.1, 0.15) is 18.1 Å². The van der Waals surface area contributed by atoms with E-state index in [0.717, 1.165) is 15.3 Å². The van der Waals surface area contributed by atoms with Crippen molar-refractivity contribution in [2.75, 3.05) is 13.6 Å². The Morgan fingerprint density at radius 1 is 0.970 bits per heavy atom. The number of rotatable bonds is 9. The van der Waals surface area contributed by atoms with Gasteiger partial charge in [-0.2, -0.15) is 9.03 Å². The topological polar surface area (TPSA) is 142 Å². The van der Waals surface area contributed by atoms with Crippen LogP contribution >= 0.6 is 0 Å². The minimum Gasteiger partial charge on any atom is -0.272 e. The molecule has 3 N–H and O–H groups in total. The van der Waals surface area contributed by atoms with Crippen LogP contribution < -0.4 is 15.6 Å². The first-order valence-electron chi connectivity index (χ1n) is 9.78. The van der Waals surface area contributed by atoms with Crippen molar-refractivity contribution in [1.82, 2.24) is 19.9 Å². The molecule has 1 atom stereocenters. The van der Waals surface area contributed by atoms with Crippen LogP contribution in [0.4, 0.5) is 0 Å². The first-order valence-corrected chi connectivity index (χ1v) is 12.8. The summed E-state index contributed by atoms with van der Waals surface area (Å²) in [6.45, 7) is 2.55. The van der Waals surface area contributed by atoms with E-state index in [1.165, 1.54) is 32.2 Å². The highest BCUT2D eigenvalue weighted by atomic mass is 32.2. The third kappa shape index (κ3) is 8.09. The van der Waals surface area contributed by atoms with Crippen LogP contribution in [0.15, 0.2) is 64.9 Å². The zero-order chi connectivity index (χ0) is 24.6. The van der Waals surface area contributed by atoms with E-state index in [4.69, 9.17) is 0 Å². The fourth-order valence-corrected chi connectivity index (χ4v) is 4.67. The lowest BCUT2D eigenvalue weighted by Gasteiger charge is -2.18. The smallest absolute Gasteiger partial charge is 0.256 e. The number of hydrazine groups is 1. The quantitative estimate of drug-likeness (QED) is 0.439. The monoisotopic (exact) mass is 494 g/mol. The first kappa shape index (κ1) is 26.2. The average Bonchev–Trinajstić information content (AvgIpc) is 2.76. The summed E-state index contributed by atoms with van der Waals surface area (Å²) < 4.78 is 52.3. The Kier molecular flexibility index (Phi) is 8.88. The lowest BCUT2D eigenvalue weighted by Crippen LogP contribution is -2.52. The van der Waals surface area contributed by atoms with Crippen molar-refractivity contribution < 1.29 is 26.4 Å². The number of nitrogens with zero attached hydrogens (tertiary/aromatic N) is 1. The lowest BCUT2D eigenvalue weighted by molar-refractivity contribution is -0.129. The number of benzene rings is 2. The third-order valence-corrected chi connectivity index (χ3v) is 7.39. The highest BCUT2D eigenvalue weighted by Gasteiger charge is 2.24. The molecule has 33 heavy (non-hydrogen) atoms. The number of sulfonamides is 2. The number of carbonyl (C=O) groups is 2. The molecule has 1 unspecified atom stereocenters. The van der Waals surface area contributed by atoms with E-state index < -0.39 is 44.4 Å². The number of aryl methyl sites for hydroxylation is 1. The minimum absolute atomic E-state index is 0.0269. The van der Waals surface area contributed by atoms with Gasteiger partial charge in [-0.25, -0.2) is 16.8 Å². The molecule has 2 rings (SSSR count). The van der Waals surface area contributed by atoms with Gasteiger partial charge in [-0.1, -0.05) is 48.0 Å². The van der Waals surface area contributed by atoms with E-state index in [-0.39, 0.29) is 4.90 Å². The van der Waals surface area contributed by atoms with Gasteiger partial charge in [0, 0.05) is 12.5 Å². The standard InChI is InChI=1S/C21H26N4O6S2/c1-16-9-11-19(12-10-16)33(30,31)25(3)15-20(26)22-23-21(27)17(2)24-32(28,29)14-13-18-7-5-4-6-8-18/h4-14,17,24H,15H2,1-3H3,(H,22,26)(H,23,27)/b14-13+. The summed E-state index contributed by atoms with van der Waals surface area (Å²) in [4.78, 5) is 24.2. The summed E-state index contributed by atoms with van der Waals surface area (Å²) in [6.07, 6.45) is 1.37. The molecule has 0 saturated carbocycles. The summed E-state index contributed by atoms with van der Waals surface area (Å²) in [5, 5.41) is 0.926. The highest BCUT2D eigenvalue weighted by molar-refractivity contribution is 7.92. The van der Waals surface area contributed by atoms with Gasteiger partial charge in [0.15, 0.2) is 0 Å². The Morgan fingerprint density at radius 2 is 1.58 bits per heavy atom. The molecule has 0 aliphatic heterocycles. The molecule has 0 aromatic heterocycles. The fraction of sp³-hybridized carbons (Fsp3) is 0.238. The molecule has 2 amide bonds. The number of nitrogens with one attached hydrogen (secondary N) is 3. The van der Waals surface area contributed by atoms with Crippen LogP contribution in [0.5, 0.6) is 0 Å². The zero-order valence-corrected chi connectivity index (χ0v) is 20.0. The number of carbonyl (C=O) groups excluding carboxylic acids is 2. The molecule has 0 radical (unpaired) electrons. The Hall–Kier alpha value is -3.06. The van der Waals surface area contributed by atoms with Crippen molar-refractivity contribution in [3.63, 3.8) is 0 Å². The molecule has 12 heteroatoms. The van der Waals surface area contributed by atoms with E-state index in [9.17, 15) is 26.4 Å². The van der Waals surface area contributed by atoms with Crippen molar-refractivity contribution in [2.24, 2.45) is 0 Å². The SMILES string of the molecule is Cc1ccc(S(=O)(=O)N(C)CC(=O)NNC(=O)C(C)NS(=O)(=O)/C=C/c2ccccc2)cc1. The van der Waals surface area contributed by atoms with Gasteiger partial charge in [0.1, 0.15) is 0 Å². The Morgan fingerprint density at radius 3 is 2.18 bits per heavy atom. The van der Waals surface area contributed by atoms with Gasteiger partial charge in [0.05, 0.1) is 17.5 Å². The molecule has 0 aliphatic rings. The van der Waals surface area contributed by atoms with Gasteiger partial charge in [-0.05, 0) is 37.6 Å². The second-order valence-electron chi connectivity index (χ2n) is 7.21. The fourth-order valence-electron chi connectivity index (χ4n) is 2.53. The summed E-state index contributed by atoms with van der Waals surface area (Å²) in [5.74, 6) is -1.63. The van der Waals surface area contributed by atoms with Crippen LogP contribution in [-0.2, 0) is 29.6 Å². The maximum atomic E-state index is 12.5. The summed E-state index contributed by atoms with van der Waals surface area (Å²) >= 11 is 0. The first-order chi connectivity index (χ1) is 15.4. The molecule has 2 aromatic rings. The molecule has 0 spiro atoms. The van der Waals surface area contributed by atoms with E-state index in [1.54, 1.807) is 42.5 Å². The highest BCUT2D eigenvalue weighted by Crippen LogP contribution is 2.14. The second kappa shape index (κ2) is 11.2. The predicted molar refractivity (Wildman–Crippen MR) is 124 cm³/mol. The predicted octanol–water partition coefficient (Wildman–Crippen LogP) is 0.742. The van der Waals surface area contributed by atoms with Gasteiger partial charge in [-0.15, -0.1) is 0 Å². The van der Waals surface area contributed by atoms with Crippen molar-refractivity contribution >= 4 is 37.9 Å². The molecular weight excluding hydrogens is 468 g/mol. The zero-order valence-electron chi connectivity index (χ0n) is 18.3. The molecule has 0 fully saturated rings. The Balaban J connectivity index is 1.86. The minimum atomic E-state index is -3.93. The molecule has 178 valence electrons. The van der Waals surface area contributed by atoms with Crippen LogP contribution in [0.3, 0.4) is 0 Å². The molecular formula is C21H26N4O6S2. The molecule has 0 bridgehead atoms. The van der Waals surface area contributed by atoms with Crippen LogP contribution in [0, 0.1) is 6.92 Å². The average molecular weight is 495 g/mol. The van der Waals surface area contributed by atoms with Crippen LogP contribution in [-0.4, -0.2) is 52.6 Å². The van der Waals surface area contributed by atoms with E-state index in [2.05, 4.69) is 15.6 Å². The summed E-state index contributed by atoms with van der Waals surface area (Å²) in [5.41, 5.74) is 5.70. The van der Waals surface area contributed by atoms with Gasteiger partial charge < -0.3 is 0 Å². The van der Waals surface area contributed by atoms with Gasteiger partial charge >= 0.3 is 0 Å².